The fraction of sp³-hybridized carbons (Fsp3) is 0.400. The third-order valence-electron chi connectivity index (χ3n) is 3.16. The second kappa shape index (κ2) is 7.77. The lowest BCUT2D eigenvalue weighted by atomic mass is 10.1. The molecule has 0 atom stereocenters. The van der Waals surface area contributed by atoms with Crippen LogP contribution in [0.3, 0.4) is 0 Å². The SMILES string of the molecule is CCSC1=C(C(F)(F)F)CC=CC(C(=O)Nc2nnc(C)o2)=C1OC. The molecule has 1 aromatic heterocycles. The van der Waals surface area contributed by atoms with E-state index in [1.54, 1.807) is 13.8 Å². The molecule has 10 heteroatoms. The van der Waals surface area contributed by atoms with Crippen molar-refractivity contribution in [1.29, 1.82) is 0 Å². The van der Waals surface area contributed by atoms with Crippen LogP contribution in [0.4, 0.5) is 19.2 Å². The second-order valence-corrected chi connectivity index (χ2v) is 6.15. The highest BCUT2D eigenvalue weighted by Crippen LogP contribution is 2.41. The molecule has 0 spiro atoms. The van der Waals surface area contributed by atoms with Crippen LogP contribution in [0.25, 0.3) is 0 Å². The maximum Gasteiger partial charge on any atom is 0.414 e. The van der Waals surface area contributed by atoms with Crippen LogP contribution in [-0.4, -0.2) is 35.1 Å². The van der Waals surface area contributed by atoms with Gasteiger partial charge in [0.15, 0.2) is 0 Å². The number of ether oxygens (including phenoxy) is 1. The van der Waals surface area contributed by atoms with Crippen LogP contribution in [0.1, 0.15) is 19.2 Å². The van der Waals surface area contributed by atoms with Gasteiger partial charge in [-0.05, 0) is 18.2 Å². The molecular formula is C15H16F3N3O3S. The Labute approximate surface area is 146 Å². The van der Waals surface area contributed by atoms with Gasteiger partial charge in [-0.25, -0.2) is 0 Å². The summed E-state index contributed by atoms with van der Waals surface area (Å²) in [7, 11) is 1.23. The summed E-state index contributed by atoms with van der Waals surface area (Å²) in [5.41, 5.74) is -0.794. The quantitative estimate of drug-likeness (QED) is 0.845. The predicted octanol–water partition coefficient (Wildman–Crippen LogP) is 3.75. The molecule has 1 aromatic rings. The summed E-state index contributed by atoms with van der Waals surface area (Å²) in [5.74, 6) is -0.204. The largest absolute Gasteiger partial charge is 0.495 e. The molecule has 1 amide bonds. The Morgan fingerprint density at radius 3 is 2.68 bits per heavy atom. The zero-order valence-corrected chi connectivity index (χ0v) is 14.5. The molecule has 1 aliphatic rings. The van der Waals surface area contributed by atoms with Gasteiger partial charge >= 0.3 is 12.2 Å². The highest BCUT2D eigenvalue weighted by molar-refractivity contribution is 8.03. The van der Waals surface area contributed by atoms with Gasteiger partial charge in [0.05, 0.1) is 23.2 Å². The van der Waals surface area contributed by atoms with Crippen LogP contribution in [0, 0.1) is 6.92 Å². The Hall–Kier alpha value is -2.23. The number of carbonyl (C=O) groups is 1. The number of thioether (sulfide) groups is 1. The average molecular weight is 375 g/mol. The van der Waals surface area contributed by atoms with Crippen molar-refractivity contribution in [3.63, 3.8) is 0 Å². The van der Waals surface area contributed by atoms with Crippen LogP contribution in [-0.2, 0) is 9.53 Å². The molecule has 0 unspecified atom stereocenters. The molecule has 1 N–H and O–H groups in total. The molecule has 0 aliphatic heterocycles. The Balaban J connectivity index is 2.49. The molecule has 0 saturated heterocycles. The first kappa shape index (κ1) is 19.1. The molecule has 25 heavy (non-hydrogen) atoms. The maximum absolute atomic E-state index is 13.4. The first-order chi connectivity index (χ1) is 11.8. The minimum Gasteiger partial charge on any atom is -0.495 e. The summed E-state index contributed by atoms with van der Waals surface area (Å²) >= 11 is 0.970. The van der Waals surface area contributed by atoms with Gasteiger partial charge in [-0.2, -0.15) is 13.2 Å². The number of hydrogen-bond donors (Lipinski definition) is 1. The van der Waals surface area contributed by atoms with Crippen molar-refractivity contribution in [3.8, 4) is 0 Å². The number of hydrogen-bond acceptors (Lipinski definition) is 6. The van der Waals surface area contributed by atoms with E-state index in [9.17, 15) is 18.0 Å². The van der Waals surface area contributed by atoms with Crippen molar-refractivity contribution in [2.24, 2.45) is 0 Å². The van der Waals surface area contributed by atoms with Crippen molar-refractivity contribution >= 4 is 23.7 Å². The van der Waals surface area contributed by atoms with Crippen molar-refractivity contribution in [2.45, 2.75) is 26.4 Å². The summed E-state index contributed by atoms with van der Waals surface area (Å²) in [6, 6.07) is -0.146. The van der Waals surface area contributed by atoms with E-state index in [4.69, 9.17) is 9.15 Å². The Kier molecular flexibility index (Phi) is 5.93. The van der Waals surface area contributed by atoms with Crippen LogP contribution in [0.5, 0.6) is 0 Å². The first-order valence-electron chi connectivity index (χ1n) is 7.27. The van der Waals surface area contributed by atoms with Crippen molar-refractivity contribution < 1.29 is 27.1 Å². The van der Waals surface area contributed by atoms with E-state index >= 15 is 0 Å². The normalized spacial score (nSPS) is 15.4. The Morgan fingerprint density at radius 1 is 1.44 bits per heavy atom. The summed E-state index contributed by atoms with van der Waals surface area (Å²) < 4.78 is 50.3. The number of methoxy groups -OCH3 is 1. The van der Waals surface area contributed by atoms with E-state index in [2.05, 4.69) is 15.5 Å². The van der Waals surface area contributed by atoms with Crippen molar-refractivity contribution in [3.05, 3.63) is 39.9 Å². The number of aryl methyl sites for hydroxylation is 1. The molecule has 0 fully saturated rings. The number of nitrogens with one attached hydrogen (secondary N) is 1. The summed E-state index contributed by atoms with van der Waals surface area (Å²) in [4.78, 5) is 12.4. The molecule has 0 aromatic carbocycles. The van der Waals surface area contributed by atoms with Gasteiger partial charge in [0.25, 0.3) is 5.91 Å². The molecule has 1 heterocycles. The summed E-state index contributed by atoms with van der Waals surface area (Å²) in [5, 5.41) is 9.56. The number of rotatable bonds is 5. The third kappa shape index (κ3) is 4.44. The fourth-order valence-electron chi connectivity index (χ4n) is 2.16. The van der Waals surface area contributed by atoms with Crippen LogP contribution in [0.15, 0.2) is 38.4 Å². The summed E-state index contributed by atoms with van der Waals surface area (Å²) in [6.07, 6.45) is -2.30. The lowest BCUT2D eigenvalue weighted by Crippen LogP contribution is -2.18. The fourth-order valence-corrected chi connectivity index (χ4v) is 3.14. The van der Waals surface area contributed by atoms with Gasteiger partial charge < -0.3 is 9.15 Å². The number of nitrogens with zero attached hydrogens (tertiary/aromatic N) is 2. The summed E-state index contributed by atoms with van der Waals surface area (Å²) in [6.45, 7) is 3.26. The topological polar surface area (TPSA) is 77.3 Å². The van der Waals surface area contributed by atoms with Crippen LogP contribution >= 0.6 is 11.8 Å². The minimum atomic E-state index is -4.53. The smallest absolute Gasteiger partial charge is 0.414 e. The Bertz CT molecular complexity index is 751. The number of carbonyl (C=O) groups excluding carboxylic acids is 1. The molecule has 2 rings (SSSR count). The maximum atomic E-state index is 13.4. The van der Waals surface area contributed by atoms with Crippen molar-refractivity contribution in [2.75, 3.05) is 18.2 Å². The van der Waals surface area contributed by atoms with Gasteiger partial charge in [0, 0.05) is 6.92 Å². The van der Waals surface area contributed by atoms with Gasteiger partial charge in [0.1, 0.15) is 5.76 Å². The molecule has 0 radical (unpaired) electrons. The van der Waals surface area contributed by atoms with Gasteiger partial charge in [-0.3, -0.25) is 10.1 Å². The zero-order valence-electron chi connectivity index (χ0n) is 13.7. The minimum absolute atomic E-state index is 0.0476. The standard InChI is InChI=1S/C15H16F3N3O3S/c1-4-25-12-10(15(16,17)18)7-5-6-9(11(12)23-3)13(22)19-14-21-20-8(2)24-14/h5-6H,4,7H2,1-3H3,(H,19,21,22). The van der Waals surface area contributed by atoms with Crippen LogP contribution in [0.2, 0.25) is 0 Å². The van der Waals surface area contributed by atoms with E-state index in [1.807, 2.05) is 0 Å². The highest BCUT2D eigenvalue weighted by atomic mass is 32.2. The van der Waals surface area contributed by atoms with Gasteiger partial charge in [-0.1, -0.05) is 18.1 Å². The lowest BCUT2D eigenvalue weighted by molar-refractivity contribution is -0.112. The number of allylic oxidation sites excluding steroid dienone is 2. The van der Waals surface area contributed by atoms with Gasteiger partial charge in [0.2, 0.25) is 5.89 Å². The lowest BCUT2D eigenvalue weighted by Gasteiger charge is -2.18. The van der Waals surface area contributed by atoms with E-state index in [1.165, 1.54) is 19.3 Å². The average Bonchev–Trinajstić information content (AvgIpc) is 2.82. The Morgan fingerprint density at radius 2 is 2.16 bits per heavy atom. The number of amides is 1. The number of anilines is 1. The van der Waals surface area contributed by atoms with E-state index in [-0.39, 0.29) is 34.6 Å². The van der Waals surface area contributed by atoms with E-state index in [0.29, 0.717) is 5.75 Å². The molecule has 0 bridgehead atoms. The third-order valence-corrected chi connectivity index (χ3v) is 4.17. The number of alkyl halides is 3. The monoisotopic (exact) mass is 375 g/mol. The van der Waals surface area contributed by atoms with E-state index in [0.717, 1.165) is 11.8 Å². The highest BCUT2D eigenvalue weighted by Gasteiger charge is 2.38. The molecular weight excluding hydrogens is 359 g/mol. The number of halogens is 3. The van der Waals surface area contributed by atoms with Crippen molar-refractivity contribution in [1.82, 2.24) is 10.2 Å². The molecule has 136 valence electrons. The predicted molar refractivity (Wildman–Crippen MR) is 86.7 cm³/mol. The number of aromatic nitrogens is 2. The molecule has 1 aliphatic carbocycles. The van der Waals surface area contributed by atoms with Crippen LogP contribution < -0.4 is 5.32 Å². The van der Waals surface area contributed by atoms with E-state index < -0.39 is 17.7 Å². The first-order valence-corrected chi connectivity index (χ1v) is 8.26. The molecule has 6 nitrogen and oxygen atoms in total. The van der Waals surface area contributed by atoms with Gasteiger partial charge in [-0.15, -0.1) is 16.9 Å². The molecule has 0 saturated carbocycles. The zero-order chi connectivity index (χ0) is 18.6. The second-order valence-electron chi connectivity index (χ2n) is 4.87.